The van der Waals surface area contributed by atoms with Crippen LogP contribution in [-0.4, -0.2) is 13.0 Å². The second-order valence-electron chi connectivity index (χ2n) is 5.54. The van der Waals surface area contributed by atoms with Gasteiger partial charge in [-0.05, 0) is 44.0 Å². The molecule has 2 aliphatic rings. The third-order valence-electron chi connectivity index (χ3n) is 4.62. The first-order chi connectivity index (χ1) is 9.18. The van der Waals surface area contributed by atoms with Gasteiger partial charge in [-0.15, -0.1) is 0 Å². The highest BCUT2D eigenvalue weighted by molar-refractivity contribution is 6.31. The van der Waals surface area contributed by atoms with Crippen molar-refractivity contribution in [1.29, 1.82) is 0 Å². The molecule has 0 bridgehead atoms. The Morgan fingerprint density at radius 3 is 2.74 bits per heavy atom. The van der Waals surface area contributed by atoms with E-state index in [-0.39, 0.29) is 5.91 Å². The van der Waals surface area contributed by atoms with Gasteiger partial charge in [0.2, 0.25) is 5.91 Å². The maximum atomic E-state index is 12.6. The van der Waals surface area contributed by atoms with Crippen molar-refractivity contribution in [2.24, 2.45) is 5.92 Å². The Balaban J connectivity index is 2.10. The third kappa shape index (κ3) is 1.87. The molecule has 1 aromatic rings. The normalized spacial score (nSPS) is 27.2. The second-order valence-corrected chi connectivity index (χ2v) is 5.97. The van der Waals surface area contributed by atoms with Crippen LogP contribution in [0.5, 0.6) is 0 Å². The van der Waals surface area contributed by atoms with Crippen molar-refractivity contribution in [2.75, 3.05) is 12.4 Å². The Morgan fingerprint density at radius 2 is 2.05 bits per heavy atom. The molecule has 3 nitrogen and oxygen atoms in total. The van der Waals surface area contributed by atoms with Crippen LogP contribution >= 0.6 is 11.6 Å². The van der Waals surface area contributed by atoms with Crippen molar-refractivity contribution in [2.45, 2.75) is 37.6 Å². The minimum Gasteiger partial charge on any atom is -0.324 e. The molecule has 1 aromatic carbocycles. The van der Waals surface area contributed by atoms with Crippen molar-refractivity contribution in [3.05, 3.63) is 28.8 Å². The molecule has 1 atom stereocenters. The number of carbonyl (C=O) groups excluding carboxylic acids is 1. The molecule has 102 valence electrons. The summed E-state index contributed by atoms with van der Waals surface area (Å²) in [6.45, 7) is 0. The molecule has 1 fully saturated rings. The quantitative estimate of drug-likeness (QED) is 0.872. The Bertz CT molecular complexity index is 511. The molecule has 0 radical (unpaired) electrons. The Morgan fingerprint density at radius 1 is 1.32 bits per heavy atom. The molecular weight excluding hydrogens is 260 g/mol. The molecule has 3 rings (SSSR count). The van der Waals surface area contributed by atoms with Crippen LogP contribution in [0.3, 0.4) is 0 Å². The SMILES string of the molecule is CNC1(C2CCCCC2)C(=O)Nc2ccc(Cl)cc21. The summed E-state index contributed by atoms with van der Waals surface area (Å²) >= 11 is 6.13. The molecule has 19 heavy (non-hydrogen) atoms. The lowest BCUT2D eigenvalue weighted by Gasteiger charge is -2.38. The van der Waals surface area contributed by atoms with E-state index in [4.69, 9.17) is 11.6 Å². The predicted molar refractivity (Wildman–Crippen MR) is 77.4 cm³/mol. The molecule has 1 amide bonds. The minimum absolute atomic E-state index is 0.0687. The van der Waals surface area contributed by atoms with E-state index in [1.54, 1.807) is 0 Å². The zero-order chi connectivity index (χ0) is 13.5. The summed E-state index contributed by atoms with van der Waals surface area (Å²) in [5.41, 5.74) is 1.31. The fourth-order valence-corrected chi connectivity index (χ4v) is 3.86. The molecule has 2 N–H and O–H groups in total. The monoisotopic (exact) mass is 278 g/mol. The number of nitrogens with one attached hydrogen (secondary N) is 2. The lowest BCUT2D eigenvalue weighted by Crippen LogP contribution is -2.52. The van der Waals surface area contributed by atoms with E-state index < -0.39 is 5.54 Å². The molecule has 0 saturated heterocycles. The summed E-state index contributed by atoms with van der Waals surface area (Å²) in [5, 5.41) is 7.00. The second kappa shape index (κ2) is 4.80. The van der Waals surface area contributed by atoms with Gasteiger partial charge >= 0.3 is 0 Å². The Kier molecular flexibility index (Phi) is 3.27. The van der Waals surface area contributed by atoms with E-state index in [0.717, 1.165) is 24.1 Å². The van der Waals surface area contributed by atoms with Gasteiger partial charge in [0.1, 0.15) is 5.54 Å². The predicted octanol–water partition coefficient (Wildman–Crippen LogP) is 3.29. The smallest absolute Gasteiger partial charge is 0.249 e. The lowest BCUT2D eigenvalue weighted by atomic mass is 9.71. The van der Waals surface area contributed by atoms with Crippen LogP contribution in [0.1, 0.15) is 37.7 Å². The van der Waals surface area contributed by atoms with Crippen molar-refractivity contribution in [1.82, 2.24) is 5.32 Å². The number of hydrogen-bond donors (Lipinski definition) is 2. The van der Waals surface area contributed by atoms with E-state index in [1.165, 1.54) is 19.3 Å². The van der Waals surface area contributed by atoms with Gasteiger partial charge in [0.15, 0.2) is 0 Å². The number of fused-ring (bicyclic) bond motifs is 1. The number of amides is 1. The number of carbonyl (C=O) groups is 1. The summed E-state index contributed by atoms with van der Waals surface area (Å²) < 4.78 is 0. The topological polar surface area (TPSA) is 41.1 Å². The van der Waals surface area contributed by atoms with Gasteiger partial charge in [-0.2, -0.15) is 0 Å². The highest BCUT2D eigenvalue weighted by Crippen LogP contribution is 2.46. The first-order valence-electron chi connectivity index (χ1n) is 6.99. The standard InChI is InChI=1S/C15H19ClN2O/c1-17-15(10-5-3-2-4-6-10)12-9-11(16)7-8-13(12)18-14(15)19/h7-10,17H,2-6H2,1H3,(H,18,19). The van der Waals surface area contributed by atoms with Crippen LogP contribution < -0.4 is 10.6 Å². The molecule has 0 aromatic heterocycles. The fraction of sp³-hybridized carbons (Fsp3) is 0.533. The van der Waals surface area contributed by atoms with Crippen LogP contribution in [0.25, 0.3) is 0 Å². The number of hydrogen-bond acceptors (Lipinski definition) is 2. The summed E-state index contributed by atoms with van der Waals surface area (Å²) in [7, 11) is 1.88. The van der Waals surface area contributed by atoms with Gasteiger partial charge in [-0.1, -0.05) is 30.9 Å². The molecule has 1 aliphatic carbocycles. The third-order valence-corrected chi connectivity index (χ3v) is 4.86. The van der Waals surface area contributed by atoms with Crippen LogP contribution in [0.2, 0.25) is 5.02 Å². The molecule has 0 spiro atoms. The van der Waals surface area contributed by atoms with Crippen LogP contribution in [0.15, 0.2) is 18.2 Å². The number of halogens is 1. The molecular formula is C15H19ClN2O. The zero-order valence-electron chi connectivity index (χ0n) is 11.1. The summed E-state index contributed by atoms with van der Waals surface area (Å²) in [5.74, 6) is 0.421. The maximum absolute atomic E-state index is 12.6. The molecule has 1 aliphatic heterocycles. The van der Waals surface area contributed by atoms with E-state index >= 15 is 0 Å². The Labute approximate surface area is 118 Å². The zero-order valence-corrected chi connectivity index (χ0v) is 11.9. The Hall–Kier alpha value is -1.06. The minimum atomic E-state index is -0.597. The largest absolute Gasteiger partial charge is 0.324 e. The first kappa shape index (κ1) is 12.9. The molecule has 1 saturated carbocycles. The summed E-state index contributed by atoms with van der Waals surface area (Å²) in [6, 6.07) is 5.66. The van der Waals surface area contributed by atoms with Crippen LogP contribution in [0.4, 0.5) is 5.69 Å². The van der Waals surface area contributed by atoms with E-state index in [2.05, 4.69) is 10.6 Å². The van der Waals surface area contributed by atoms with Gasteiger partial charge in [0, 0.05) is 16.3 Å². The number of rotatable bonds is 2. The highest BCUT2D eigenvalue weighted by atomic mass is 35.5. The number of anilines is 1. The summed E-state index contributed by atoms with van der Waals surface area (Å²) in [6.07, 6.45) is 5.88. The lowest BCUT2D eigenvalue weighted by molar-refractivity contribution is -0.124. The molecule has 1 unspecified atom stereocenters. The van der Waals surface area contributed by atoms with Crippen molar-refractivity contribution in [3.63, 3.8) is 0 Å². The van der Waals surface area contributed by atoms with Gasteiger partial charge in [0.25, 0.3) is 0 Å². The fourth-order valence-electron chi connectivity index (χ4n) is 3.69. The average Bonchev–Trinajstić information content (AvgIpc) is 2.72. The van der Waals surface area contributed by atoms with E-state index in [9.17, 15) is 4.79 Å². The van der Waals surface area contributed by atoms with Gasteiger partial charge in [-0.3, -0.25) is 4.79 Å². The van der Waals surface area contributed by atoms with Gasteiger partial charge < -0.3 is 10.6 Å². The summed E-state index contributed by atoms with van der Waals surface area (Å²) in [4.78, 5) is 12.6. The average molecular weight is 279 g/mol. The van der Waals surface area contributed by atoms with Crippen LogP contribution in [0, 0.1) is 5.92 Å². The molecule has 4 heteroatoms. The van der Waals surface area contributed by atoms with Crippen LogP contribution in [-0.2, 0) is 10.3 Å². The highest BCUT2D eigenvalue weighted by Gasteiger charge is 2.51. The van der Waals surface area contributed by atoms with E-state index in [0.29, 0.717) is 10.9 Å². The van der Waals surface area contributed by atoms with Crippen molar-refractivity contribution in [3.8, 4) is 0 Å². The van der Waals surface area contributed by atoms with E-state index in [1.807, 2.05) is 25.2 Å². The van der Waals surface area contributed by atoms with Crippen molar-refractivity contribution < 1.29 is 4.79 Å². The van der Waals surface area contributed by atoms with Crippen molar-refractivity contribution >= 4 is 23.2 Å². The maximum Gasteiger partial charge on any atom is 0.249 e. The first-order valence-corrected chi connectivity index (χ1v) is 7.36. The van der Waals surface area contributed by atoms with Gasteiger partial charge in [-0.25, -0.2) is 0 Å². The number of benzene rings is 1. The number of likely N-dealkylation sites (N-methyl/N-ethyl adjacent to an activating group) is 1. The molecule has 1 heterocycles. The van der Waals surface area contributed by atoms with Gasteiger partial charge in [0.05, 0.1) is 0 Å².